The van der Waals surface area contributed by atoms with Crippen LogP contribution in [0.2, 0.25) is 0 Å². The molecule has 0 saturated carbocycles. The first kappa shape index (κ1) is 19.8. The first-order valence-corrected chi connectivity index (χ1v) is 8.23. The van der Waals surface area contributed by atoms with E-state index in [2.05, 4.69) is 0 Å². The second-order valence-corrected chi connectivity index (χ2v) is 6.23. The van der Waals surface area contributed by atoms with Crippen molar-refractivity contribution in [3.63, 3.8) is 0 Å². The molecule has 0 bridgehead atoms. The van der Waals surface area contributed by atoms with Gasteiger partial charge in [0, 0.05) is 31.9 Å². The third kappa shape index (κ3) is 5.41. The molecular formula is C18H26FN3O2. The molecule has 1 saturated heterocycles. The second kappa shape index (κ2) is 8.53. The van der Waals surface area contributed by atoms with Crippen LogP contribution in [0.4, 0.5) is 14.9 Å². The minimum atomic E-state index is -0.519. The Balaban J connectivity index is 0.00000139. The molecule has 0 atom stereocenters. The van der Waals surface area contributed by atoms with Crippen molar-refractivity contribution in [1.82, 2.24) is 4.90 Å². The number of carbonyl (C=O) groups excluding carboxylic acids is 1. The number of amides is 1. The van der Waals surface area contributed by atoms with Crippen molar-refractivity contribution in [2.75, 3.05) is 31.1 Å². The molecule has 2 rings (SSSR count). The molecule has 1 heterocycles. The van der Waals surface area contributed by atoms with Crippen molar-refractivity contribution in [2.45, 2.75) is 40.2 Å². The van der Waals surface area contributed by atoms with E-state index in [1.165, 1.54) is 12.1 Å². The summed E-state index contributed by atoms with van der Waals surface area (Å²) < 4.78 is 19.0. The average Bonchev–Trinajstić information content (AvgIpc) is 2.55. The molecule has 1 fully saturated rings. The fourth-order valence-electron chi connectivity index (χ4n) is 2.27. The number of hydrogen-bond donors (Lipinski definition) is 0. The van der Waals surface area contributed by atoms with E-state index >= 15 is 0 Å². The van der Waals surface area contributed by atoms with Gasteiger partial charge < -0.3 is 14.5 Å². The van der Waals surface area contributed by atoms with Crippen LogP contribution in [-0.2, 0) is 4.74 Å². The molecule has 24 heavy (non-hydrogen) atoms. The van der Waals surface area contributed by atoms with Crippen LogP contribution in [0.25, 0.3) is 0 Å². The Kier molecular flexibility index (Phi) is 7.02. The Labute approximate surface area is 143 Å². The molecule has 1 amide bonds. The van der Waals surface area contributed by atoms with E-state index < -0.39 is 11.4 Å². The number of nitriles is 1. The second-order valence-electron chi connectivity index (χ2n) is 6.23. The highest BCUT2D eigenvalue weighted by molar-refractivity contribution is 5.68. The van der Waals surface area contributed by atoms with E-state index in [1.807, 2.05) is 39.5 Å². The van der Waals surface area contributed by atoms with Gasteiger partial charge in [0.25, 0.3) is 0 Å². The van der Waals surface area contributed by atoms with E-state index in [4.69, 9.17) is 10.00 Å². The Bertz CT molecular complexity index is 597. The summed E-state index contributed by atoms with van der Waals surface area (Å²) >= 11 is 0. The van der Waals surface area contributed by atoms with Gasteiger partial charge in [-0.05, 0) is 39.0 Å². The molecule has 0 aromatic heterocycles. The predicted octanol–water partition coefficient (Wildman–Crippen LogP) is 3.78. The number of carbonyl (C=O) groups is 1. The molecule has 1 aliphatic heterocycles. The Morgan fingerprint density at radius 2 is 1.79 bits per heavy atom. The van der Waals surface area contributed by atoms with Crippen molar-refractivity contribution in [2.24, 2.45) is 0 Å². The first-order chi connectivity index (χ1) is 11.3. The lowest BCUT2D eigenvalue weighted by Crippen LogP contribution is -2.50. The molecule has 1 aromatic rings. The van der Waals surface area contributed by atoms with E-state index in [-0.39, 0.29) is 11.7 Å². The van der Waals surface area contributed by atoms with Gasteiger partial charge in [0.1, 0.15) is 17.5 Å². The average molecular weight is 335 g/mol. The zero-order valence-corrected chi connectivity index (χ0v) is 15.1. The van der Waals surface area contributed by atoms with Gasteiger partial charge in [0.2, 0.25) is 0 Å². The lowest BCUT2D eigenvalue weighted by atomic mass is 10.2. The highest BCUT2D eigenvalue weighted by atomic mass is 19.1. The molecule has 6 heteroatoms. The van der Waals surface area contributed by atoms with Crippen molar-refractivity contribution >= 4 is 11.8 Å². The minimum Gasteiger partial charge on any atom is -0.444 e. The molecule has 0 N–H and O–H groups in total. The van der Waals surface area contributed by atoms with Crippen molar-refractivity contribution in [3.05, 3.63) is 29.6 Å². The molecule has 0 radical (unpaired) electrons. The number of anilines is 1. The van der Waals surface area contributed by atoms with Gasteiger partial charge in [-0.15, -0.1) is 0 Å². The van der Waals surface area contributed by atoms with Gasteiger partial charge in [-0.2, -0.15) is 5.26 Å². The summed E-state index contributed by atoms with van der Waals surface area (Å²) in [6, 6.07) is 6.37. The Morgan fingerprint density at radius 3 is 2.25 bits per heavy atom. The third-order valence-corrected chi connectivity index (χ3v) is 3.37. The molecule has 5 nitrogen and oxygen atoms in total. The minimum absolute atomic E-state index is 0.0381. The lowest BCUT2D eigenvalue weighted by molar-refractivity contribution is 0.0240. The van der Waals surface area contributed by atoms with Gasteiger partial charge in [-0.25, -0.2) is 9.18 Å². The summed E-state index contributed by atoms with van der Waals surface area (Å²) in [5.74, 6) is -0.519. The topological polar surface area (TPSA) is 56.6 Å². The highest BCUT2D eigenvalue weighted by Gasteiger charge is 2.26. The van der Waals surface area contributed by atoms with Crippen LogP contribution in [0.1, 0.15) is 40.2 Å². The number of benzene rings is 1. The van der Waals surface area contributed by atoms with Crippen molar-refractivity contribution in [3.8, 4) is 6.07 Å². The summed E-state index contributed by atoms with van der Waals surface area (Å²) in [5, 5.41) is 8.75. The van der Waals surface area contributed by atoms with Crippen LogP contribution in [-0.4, -0.2) is 42.8 Å². The zero-order valence-electron chi connectivity index (χ0n) is 15.1. The molecule has 0 aliphatic carbocycles. The maximum absolute atomic E-state index is 13.7. The van der Waals surface area contributed by atoms with Gasteiger partial charge >= 0.3 is 6.09 Å². The maximum Gasteiger partial charge on any atom is 0.410 e. The smallest absolute Gasteiger partial charge is 0.410 e. The molecular weight excluding hydrogens is 309 g/mol. The lowest BCUT2D eigenvalue weighted by Gasteiger charge is -2.36. The molecule has 132 valence electrons. The molecule has 0 unspecified atom stereocenters. The summed E-state index contributed by atoms with van der Waals surface area (Å²) in [7, 11) is 0. The third-order valence-electron chi connectivity index (χ3n) is 3.37. The van der Waals surface area contributed by atoms with E-state index in [0.29, 0.717) is 26.2 Å². The maximum atomic E-state index is 13.7. The number of hydrogen-bond acceptors (Lipinski definition) is 4. The molecule has 1 aromatic carbocycles. The molecule has 1 aliphatic rings. The highest BCUT2D eigenvalue weighted by Crippen LogP contribution is 2.20. The standard InChI is InChI=1S/C16H20FN3O2.C2H6/c1-16(2,3)22-15(21)20-8-6-19(7-9-20)13-5-4-12(11-18)14(17)10-13;1-2/h4-5,10H,6-9H2,1-3H3;1-2H3. The number of piperazine rings is 1. The predicted molar refractivity (Wildman–Crippen MR) is 92.5 cm³/mol. The fraction of sp³-hybridized carbons (Fsp3) is 0.556. The number of ether oxygens (including phenoxy) is 1. The van der Waals surface area contributed by atoms with Crippen LogP contribution in [0, 0.1) is 17.1 Å². The Morgan fingerprint density at radius 1 is 1.21 bits per heavy atom. The summed E-state index contributed by atoms with van der Waals surface area (Å²) in [6.45, 7) is 11.8. The van der Waals surface area contributed by atoms with Crippen LogP contribution in [0.5, 0.6) is 0 Å². The number of rotatable bonds is 1. The summed E-state index contributed by atoms with van der Waals surface area (Å²) in [4.78, 5) is 15.6. The van der Waals surface area contributed by atoms with Gasteiger partial charge in [-0.1, -0.05) is 13.8 Å². The van der Waals surface area contributed by atoms with Crippen LogP contribution in [0.15, 0.2) is 18.2 Å². The van der Waals surface area contributed by atoms with Crippen LogP contribution in [0.3, 0.4) is 0 Å². The van der Waals surface area contributed by atoms with Crippen molar-refractivity contribution in [1.29, 1.82) is 5.26 Å². The first-order valence-electron chi connectivity index (χ1n) is 8.23. The van der Waals surface area contributed by atoms with Crippen LogP contribution >= 0.6 is 0 Å². The zero-order chi connectivity index (χ0) is 18.3. The number of nitrogens with zero attached hydrogens (tertiary/aromatic N) is 3. The van der Waals surface area contributed by atoms with E-state index in [0.717, 1.165) is 5.69 Å². The summed E-state index contributed by atoms with van der Waals surface area (Å²) in [5.41, 5.74) is 0.251. The monoisotopic (exact) mass is 335 g/mol. The molecule has 0 spiro atoms. The largest absolute Gasteiger partial charge is 0.444 e. The summed E-state index contributed by atoms with van der Waals surface area (Å²) in [6.07, 6.45) is -0.321. The van der Waals surface area contributed by atoms with E-state index in [1.54, 1.807) is 17.0 Å². The Hall–Kier alpha value is -2.29. The fourth-order valence-corrected chi connectivity index (χ4v) is 2.27. The normalized spacial score (nSPS) is 14.4. The number of halogens is 1. The van der Waals surface area contributed by atoms with Crippen molar-refractivity contribution < 1.29 is 13.9 Å². The van der Waals surface area contributed by atoms with Gasteiger partial charge in [0.05, 0.1) is 5.56 Å². The van der Waals surface area contributed by atoms with E-state index in [9.17, 15) is 9.18 Å². The quantitative estimate of drug-likeness (QED) is 0.784. The van der Waals surface area contributed by atoms with Gasteiger partial charge in [0.15, 0.2) is 0 Å². The SMILES string of the molecule is CC.CC(C)(C)OC(=O)N1CCN(c2ccc(C#N)c(F)c2)CC1. The van der Waals surface area contributed by atoms with Gasteiger partial charge in [-0.3, -0.25) is 0 Å². The van der Waals surface area contributed by atoms with Crippen LogP contribution < -0.4 is 4.90 Å².